The van der Waals surface area contributed by atoms with Crippen LogP contribution >= 0.6 is 0 Å². The van der Waals surface area contributed by atoms with Crippen molar-refractivity contribution < 1.29 is 13.7 Å². The van der Waals surface area contributed by atoms with Gasteiger partial charge in [-0.1, -0.05) is 0 Å². The van der Waals surface area contributed by atoms with E-state index in [2.05, 4.69) is 4.36 Å². The minimum atomic E-state index is -2.49. The van der Waals surface area contributed by atoms with E-state index < -0.39 is 21.4 Å². The smallest absolute Gasteiger partial charge is 0.442 e. The van der Waals surface area contributed by atoms with Crippen molar-refractivity contribution in [3.05, 3.63) is 0 Å². The third-order valence-electron chi connectivity index (χ3n) is 2.79. The second-order valence-electron chi connectivity index (χ2n) is 5.63. The molecular formula is C11H22N2O3S. The van der Waals surface area contributed by atoms with E-state index in [0.717, 1.165) is 12.8 Å². The lowest BCUT2D eigenvalue weighted by Crippen LogP contribution is -2.39. The van der Waals surface area contributed by atoms with E-state index in [0.29, 0.717) is 12.5 Å². The number of nitrogens with zero attached hydrogens (tertiary/aromatic N) is 1. The third kappa shape index (κ3) is 4.27. The number of carbonyl (C=O) groups is 1. The summed E-state index contributed by atoms with van der Waals surface area (Å²) >= 11 is 0. The minimum absolute atomic E-state index is 0.0245. The minimum Gasteiger partial charge on any atom is -0.442 e. The summed E-state index contributed by atoms with van der Waals surface area (Å²) in [6, 6.07) is 0. The Morgan fingerprint density at radius 2 is 2.00 bits per heavy atom. The fourth-order valence-corrected chi connectivity index (χ4v) is 3.47. The Balaban J connectivity index is 2.65. The fraction of sp³-hybridized carbons (Fsp3) is 0.909. The molecule has 5 nitrogen and oxygen atoms in total. The van der Waals surface area contributed by atoms with Crippen molar-refractivity contribution in [3.8, 4) is 0 Å². The second-order valence-corrected chi connectivity index (χ2v) is 8.20. The molecule has 100 valence electrons. The molecule has 0 aliphatic heterocycles. The Hall–Kier alpha value is -0.620. The van der Waals surface area contributed by atoms with E-state index in [9.17, 15) is 9.00 Å². The summed E-state index contributed by atoms with van der Waals surface area (Å²) in [5.41, 5.74) is 4.91. The van der Waals surface area contributed by atoms with E-state index in [1.165, 1.54) is 6.26 Å². The Morgan fingerprint density at radius 1 is 1.47 bits per heavy atom. The molecule has 1 rings (SSSR count). The van der Waals surface area contributed by atoms with Crippen LogP contribution in [0, 0.1) is 5.92 Å². The average molecular weight is 262 g/mol. The van der Waals surface area contributed by atoms with Crippen molar-refractivity contribution >= 4 is 15.8 Å². The zero-order valence-corrected chi connectivity index (χ0v) is 11.8. The molecule has 1 unspecified atom stereocenters. The first-order chi connectivity index (χ1) is 7.64. The maximum Gasteiger partial charge on any atom is 0.442 e. The van der Waals surface area contributed by atoms with Gasteiger partial charge < -0.3 is 10.5 Å². The standard InChI is InChI=1S/C11H22N2O3S/c1-11(2,3)16-10(14)13-17(4,15)9-5-8(6-9)7-12/h8-9H,5-7,12H2,1-4H3. The number of hydrogen-bond acceptors (Lipinski definition) is 4. The van der Waals surface area contributed by atoms with Gasteiger partial charge in [-0.2, -0.15) is 0 Å². The first-order valence-corrected chi connectivity index (χ1v) is 7.77. The van der Waals surface area contributed by atoms with Crippen LogP contribution in [-0.4, -0.2) is 34.0 Å². The van der Waals surface area contributed by atoms with Crippen LogP contribution in [0.3, 0.4) is 0 Å². The largest absolute Gasteiger partial charge is 0.442 e. The summed E-state index contributed by atoms with van der Waals surface area (Å²) in [5, 5.41) is -0.0245. The van der Waals surface area contributed by atoms with Crippen LogP contribution in [0.2, 0.25) is 0 Å². The van der Waals surface area contributed by atoms with Crippen molar-refractivity contribution in [2.45, 2.75) is 44.5 Å². The molecule has 0 aromatic rings. The monoisotopic (exact) mass is 262 g/mol. The number of rotatable bonds is 2. The summed E-state index contributed by atoms with van der Waals surface area (Å²) in [6.07, 6.45) is 2.37. The average Bonchev–Trinajstić information content (AvgIpc) is 1.94. The molecule has 0 aromatic carbocycles. The van der Waals surface area contributed by atoms with Gasteiger partial charge in [-0.05, 0) is 46.1 Å². The fourth-order valence-electron chi connectivity index (χ4n) is 1.73. The number of amides is 1. The predicted molar refractivity (Wildman–Crippen MR) is 68.3 cm³/mol. The molecule has 0 aromatic heterocycles. The van der Waals surface area contributed by atoms with Gasteiger partial charge in [-0.25, -0.2) is 9.00 Å². The molecular weight excluding hydrogens is 240 g/mol. The third-order valence-corrected chi connectivity index (χ3v) is 4.93. The van der Waals surface area contributed by atoms with E-state index in [1.54, 1.807) is 20.8 Å². The molecule has 1 amide bonds. The van der Waals surface area contributed by atoms with E-state index in [4.69, 9.17) is 10.5 Å². The highest BCUT2D eigenvalue weighted by molar-refractivity contribution is 7.93. The first kappa shape index (κ1) is 14.4. The summed E-state index contributed by atoms with van der Waals surface area (Å²) in [4.78, 5) is 11.5. The highest BCUT2D eigenvalue weighted by Crippen LogP contribution is 2.32. The zero-order chi connectivity index (χ0) is 13.3. The molecule has 1 aliphatic rings. The van der Waals surface area contributed by atoms with E-state index in [1.807, 2.05) is 0 Å². The maximum absolute atomic E-state index is 12.2. The van der Waals surface area contributed by atoms with Gasteiger partial charge >= 0.3 is 6.09 Å². The highest BCUT2D eigenvalue weighted by Gasteiger charge is 2.34. The Kier molecular flexibility index (Phi) is 4.19. The van der Waals surface area contributed by atoms with Crippen LogP contribution in [-0.2, 0) is 14.5 Å². The van der Waals surface area contributed by atoms with Gasteiger partial charge in [0.15, 0.2) is 0 Å². The Bertz CT molecular complexity index is 399. The number of hydrogen-bond donors (Lipinski definition) is 1. The Morgan fingerprint density at radius 3 is 2.41 bits per heavy atom. The lowest BCUT2D eigenvalue weighted by Gasteiger charge is -2.34. The van der Waals surface area contributed by atoms with Crippen LogP contribution in [0.15, 0.2) is 4.36 Å². The Labute approximate surface area is 103 Å². The quantitative estimate of drug-likeness (QED) is 0.822. The van der Waals surface area contributed by atoms with Crippen molar-refractivity contribution in [2.75, 3.05) is 12.8 Å². The molecule has 0 saturated heterocycles. The van der Waals surface area contributed by atoms with Crippen LogP contribution in [0.4, 0.5) is 4.79 Å². The topological polar surface area (TPSA) is 81.8 Å². The maximum atomic E-state index is 12.2. The zero-order valence-electron chi connectivity index (χ0n) is 10.9. The lowest BCUT2D eigenvalue weighted by atomic mass is 9.85. The summed E-state index contributed by atoms with van der Waals surface area (Å²) in [5.74, 6) is 0.426. The number of nitrogens with two attached hydrogens (primary N) is 1. The molecule has 1 fully saturated rings. The normalized spacial score (nSPS) is 27.8. The SMILES string of the molecule is CC(C)(C)OC(=O)N=S(C)(=O)C1CC(CN)C1. The van der Waals surface area contributed by atoms with Gasteiger partial charge in [0.2, 0.25) is 0 Å². The molecule has 6 heteroatoms. The molecule has 0 heterocycles. The predicted octanol–water partition coefficient (Wildman–Crippen LogP) is 1.76. The van der Waals surface area contributed by atoms with Crippen molar-refractivity contribution in [3.63, 3.8) is 0 Å². The van der Waals surface area contributed by atoms with E-state index in [-0.39, 0.29) is 5.25 Å². The van der Waals surface area contributed by atoms with Crippen LogP contribution in [0.5, 0.6) is 0 Å². The molecule has 2 N–H and O–H groups in total. The summed E-state index contributed by atoms with van der Waals surface area (Å²) in [6.45, 7) is 5.88. The van der Waals surface area contributed by atoms with Gasteiger partial charge in [-0.3, -0.25) is 0 Å². The van der Waals surface area contributed by atoms with Crippen molar-refractivity contribution in [1.82, 2.24) is 0 Å². The molecule has 1 saturated carbocycles. The molecule has 0 spiro atoms. The van der Waals surface area contributed by atoms with Crippen molar-refractivity contribution in [2.24, 2.45) is 16.0 Å². The van der Waals surface area contributed by atoms with Gasteiger partial charge in [0.1, 0.15) is 5.60 Å². The van der Waals surface area contributed by atoms with Gasteiger partial charge in [0.05, 0.1) is 9.73 Å². The molecule has 0 radical (unpaired) electrons. The van der Waals surface area contributed by atoms with Crippen LogP contribution in [0.25, 0.3) is 0 Å². The van der Waals surface area contributed by atoms with Crippen LogP contribution < -0.4 is 5.73 Å². The molecule has 1 aliphatic carbocycles. The van der Waals surface area contributed by atoms with Gasteiger partial charge in [0.25, 0.3) is 0 Å². The number of carbonyl (C=O) groups excluding carboxylic acids is 1. The second kappa shape index (κ2) is 4.94. The van der Waals surface area contributed by atoms with E-state index >= 15 is 0 Å². The van der Waals surface area contributed by atoms with Crippen molar-refractivity contribution in [1.29, 1.82) is 0 Å². The molecule has 17 heavy (non-hydrogen) atoms. The summed E-state index contributed by atoms with van der Waals surface area (Å²) in [7, 11) is -2.49. The van der Waals surface area contributed by atoms with Gasteiger partial charge in [-0.15, -0.1) is 4.36 Å². The lowest BCUT2D eigenvalue weighted by molar-refractivity contribution is 0.0607. The van der Waals surface area contributed by atoms with Crippen LogP contribution in [0.1, 0.15) is 33.6 Å². The first-order valence-electron chi connectivity index (χ1n) is 5.78. The highest BCUT2D eigenvalue weighted by atomic mass is 32.2. The number of ether oxygens (including phenoxy) is 1. The van der Waals surface area contributed by atoms with Gasteiger partial charge in [0, 0.05) is 11.5 Å². The molecule has 1 atom stereocenters. The summed E-state index contributed by atoms with van der Waals surface area (Å²) < 4.78 is 21.0. The molecule has 0 bridgehead atoms.